The van der Waals surface area contributed by atoms with Crippen LogP contribution in [-0.2, 0) is 0 Å². The van der Waals surface area contributed by atoms with Crippen molar-refractivity contribution in [2.45, 2.75) is 52.6 Å². The zero-order valence-corrected chi connectivity index (χ0v) is 11.9. The van der Waals surface area contributed by atoms with E-state index in [2.05, 4.69) is 50.5 Å². The molecule has 2 atom stereocenters. The number of fused-ring (bicyclic) bond motifs is 1. The lowest BCUT2D eigenvalue weighted by molar-refractivity contribution is 0.511. The molecule has 0 saturated carbocycles. The Kier molecular flexibility index (Phi) is 3.44. The summed E-state index contributed by atoms with van der Waals surface area (Å²) in [5.41, 5.74) is 9.56. The summed E-state index contributed by atoms with van der Waals surface area (Å²) in [5, 5.41) is 0. The molecule has 98 valence electrons. The maximum Gasteiger partial charge on any atom is 0.114 e. The third kappa shape index (κ3) is 2.15. The summed E-state index contributed by atoms with van der Waals surface area (Å²) < 4.78 is 2.31. The van der Waals surface area contributed by atoms with Gasteiger partial charge >= 0.3 is 0 Å². The first-order valence-corrected chi connectivity index (χ1v) is 6.66. The Morgan fingerprint density at radius 1 is 1.17 bits per heavy atom. The minimum absolute atomic E-state index is 0.111. The third-order valence-corrected chi connectivity index (χ3v) is 3.58. The minimum atomic E-state index is 0.111. The van der Waals surface area contributed by atoms with Crippen LogP contribution in [0, 0.1) is 6.92 Å². The lowest BCUT2D eigenvalue weighted by Gasteiger charge is -2.20. The fourth-order valence-corrected chi connectivity index (χ4v) is 2.33. The fraction of sp³-hybridized carbons (Fsp3) is 0.533. The van der Waals surface area contributed by atoms with Crippen molar-refractivity contribution < 1.29 is 0 Å². The normalized spacial score (nSPS) is 15.3. The Balaban J connectivity index is 2.68. The van der Waals surface area contributed by atoms with Crippen molar-refractivity contribution in [3.8, 4) is 0 Å². The highest BCUT2D eigenvalue weighted by Crippen LogP contribution is 2.27. The average molecular weight is 245 g/mol. The summed E-state index contributed by atoms with van der Waals surface area (Å²) >= 11 is 0. The zero-order chi connectivity index (χ0) is 13.4. The molecule has 2 unspecified atom stereocenters. The van der Waals surface area contributed by atoms with Crippen molar-refractivity contribution in [3.63, 3.8) is 0 Å². The molecular weight excluding hydrogens is 222 g/mol. The maximum atomic E-state index is 6.04. The van der Waals surface area contributed by atoms with Gasteiger partial charge in [0.15, 0.2) is 0 Å². The van der Waals surface area contributed by atoms with Crippen LogP contribution >= 0.6 is 0 Å². The minimum Gasteiger partial charge on any atom is -0.327 e. The smallest absolute Gasteiger partial charge is 0.114 e. The van der Waals surface area contributed by atoms with E-state index in [9.17, 15) is 0 Å². The summed E-state index contributed by atoms with van der Waals surface area (Å²) in [4.78, 5) is 4.80. The van der Waals surface area contributed by atoms with Crippen LogP contribution in [-0.4, -0.2) is 15.6 Å². The fourth-order valence-electron chi connectivity index (χ4n) is 2.33. The molecule has 1 aromatic carbocycles. The van der Waals surface area contributed by atoms with Gasteiger partial charge in [0.05, 0.1) is 11.0 Å². The molecule has 3 nitrogen and oxygen atoms in total. The summed E-state index contributed by atoms with van der Waals surface area (Å²) in [5.74, 6) is 1.36. The van der Waals surface area contributed by atoms with E-state index < -0.39 is 0 Å². The SMILES string of the molecule is Cc1ccc2c(c1)nc(C(C)C(C)N)n2C(C)C. The van der Waals surface area contributed by atoms with Gasteiger partial charge in [0, 0.05) is 18.0 Å². The van der Waals surface area contributed by atoms with Crippen molar-refractivity contribution in [1.82, 2.24) is 9.55 Å². The number of imidazole rings is 1. The van der Waals surface area contributed by atoms with Gasteiger partial charge in [-0.2, -0.15) is 0 Å². The van der Waals surface area contributed by atoms with Gasteiger partial charge in [0.25, 0.3) is 0 Å². The van der Waals surface area contributed by atoms with Gasteiger partial charge in [-0.1, -0.05) is 13.0 Å². The second-order valence-corrected chi connectivity index (χ2v) is 5.57. The largest absolute Gasteiger partial charge is 0.327 e. The van der Waals surface area contributed by atoms with Crippen molar-refractivity contribution in [2.24, 2.45) is 5.73 Å². The van der Waals surface area contributed by atoms with E-state index in [1.54, 1.807) is 0 Å². The molecule has 1 aromatic heterocycles. The predicted octanol–water partition coefficient (Wildman–Crippen LogP) is 3.38. The number of aryl methyl sites for hydroxylation is 1. The lowest BCUT2D eigenvalue weighted by Crippen LogP contribution is -2.25. The van der Waals surface area contributed by atoms with Crippen LogP contribution in [0.1, 0.15) is 51.0 Å². The number of aromatic nitrogens is 2. The molecule has 0 aliphatic carbocycles. The van der Waals surface area contributed by atoms with Crippen molar-refractivity contribution in [2.75, 3.05) is 0 Å². The van der Waals surface area contributed by atoms with E-state index in [-0.39, 0.29) is 12.0 Å². The molecule has 18 heavy (non-hydrogen) atoms. The first-order chi connectivity index (χ1) is 8.41. The topological polar surface area (TPSA) is 43.8 Å². The van der Waals surface area contributed by atoms with Crippen molar-refractivity contribution in [1.29, 1.82) is 0 Å². The maximum absolute atomic E-state index is 6.04. The van der Waals surface area contributed by atoms with Crippen LogP contribution in [0.15, 0.2) is 18.2 Å². The van der Waals surface area contributed by atoms with Crippen LogP contribution in [0.4, 0.5) is 0 Å². The van der Waals surface area contributed by atoms with Gasteiger partial charge in [-0.15, -0.1) is 0 Å². The Bertz CT molecular complexity index is 552. The first-order valence-electron chi connectivity index (χ1n) is 6.66. The van der Waals surface area contributed by atoms with Gasteiger partial charge in [-0.3, -0.25) is 0 Å². The predicted molar refractivity (Wildman–Crippen MR) is 76.9 cm³/mol. The lowest BCUT2D eigenvalue weighted by atomic mass is 10.0. The molecule has 0 radical (unpaired) electrons. The summed E-state index contributed by atoms with van der Waals surface area (Å²) in [6, 6.07) is 6.96. The van der Waals surface area contributed by atoms with Crippen LogP contribution in [0.2, 0.25) is 0 Å². The second kappa shape index (κ2) is 4.73. The standard InChI is InChI=1S/C15H23N3/c1-9(2)18-14-7-6-10(3)8-13(14)17-15(18)11(4)12(5)16/h6-9,11-12H,16H2,1-5H3. The van der Waals surface area contributed by atoms with E-state index in [1.807, 2.05) is 6.92 Å². The molecule has 0 aliphatic heterocycles. The van der Waals surface area contributed by atoms with Gasteiger partial charge in [0.2, 0.25) is 0 Å². The molecule has 2 rings (SSSR count). The van der Waals surface area contributed by atoms with Gasteiger partial charge in [-0.05, 0) is 45.4 Å². The Morgan fingerprint density at radius 3 is 2.39 bits per heavy atom. The number of hydrogen-bond acceptors (Lipinski definition) is 2. The molecule has 3 heteroatoms. The van der Waals surface area contributed by atoms with Crippen LogP contribution in [0.3, 0.4) is 0 Å². The van der Waals surface area contributed by atoms with Gasteiger partial charge < -0.3 is 10.3 Å². The molecule has 0 amide bonds. The Labute approximate surface area is 109 Å². The van der Waals surface area contributed by atoms with Gasteiger partial charge in [-0.25, -0.2) is 4.98 Å². The second-order valence-electron chi connectivity index (χ2n) is 5.57. The first kappa shape index (κ1) is 13.1. The summed E-state index contributed by atoms with van der Waals surface area (Å²) in [7, 11) is 0. The zero-order valence-electron chi connectivity index (χ0n) is 11.9. The molecule has 0 saturated heterocycles. The Morgan fingerprint density at radius 2 is 1.83 bits per heavy atom. The van der Waals surface area contributed by atoms with Crippen molar-refractivity contribution >= 4 is 11.0 Å². The molecular formula is C15H23N3. The number of hydrogen-bond donors (Lipinski definition) is 1. The summed E-state index contributed by atoms with van der Waals surface area (Å²) in [6.07, 6.45) is 0. The molecule has 1 heterocycles. The van der Waals surface area contributed by atoms with E-state index >= 15 is 0 Å². The highest BCUT2D eigenvalue weighted by atomic mass is 15.1. The van der Waals surface area contributed by atoms with E-state index in [0.29, 0.717) is 6.04 Å². The van der Waals surface area contributed by atoms with E-state index in [0.717, 1.165) is 11.3 Å². The molecule has 2 N–H and O–H groups in total. The number of rotatable bonds is 3. The molecule has 0 bridgehead atoms. The monoisotopic (exact) mass is 245 g/mol. The van der Waals surface area contributed by atoms with Crippen LogP contribution in [0.5, 0.6) is 0 Å². The summed E-state index contributed by atoms with van der Waals surface area (Å²) in [6.45, 7) is 10.7. The molecule has 0 fully saturated rings. The van der Waals surface area contributed by atoms with E-state index in [4.69, 9.17) is 10.7 Å². The molecule has 2 aromatic rings. The average Bonchev–Trinajstić information content (AvgIpc) is 2.65. The van der Waals surface area contributed by atoms with Crippen LogP contribution in [0.25, 0.3) is 11.0 Å². The highest BCUT2D eigenvalue weighted by Gasteiger charge is 2.20. The highest BCUT2D eigenvalue weighted by molar-refractivity contribution is 5.77. The number of benzene rings is 1. The quantitative estimate of drug-likeness (QED) is 0.901. The molecule has 0 aliphatic rings. The number of nitrogens with zero attached hydrogens (tertiary/aromatic N) is 2. The Hall–Kier alpha value is -1.35. The van der Waals surface area contributed by atoms with E-state index in [1.165, 1.54) is 11.1 Å². The number of nitrogens with two attached hydrogens (primary N) is 1. The third-order valence-electron chi connectivity index (χ3n) is 3.58. The van der Waals surface area contributed by atoms with Crippen molar-refractivity contribution in [3.05, 3.63) is 29.6 Å². The molecule has 0 spiro atoms. The van der Waals surface area contributed by atoms with Crippen LogP contribution < -0.4 is 5.73 Å². The van der Waals surface area contributed by atoms with Gasteiger partial charge in [0.1, 0.15) is 5.82 Å².